The highest BCUT2D eigenvalue weighted by molar-refractivity contribution is 7.99. The van der Waals surface area contributed by atoms with E-state index in [9.17, 15) is 0 Å². The SMILES string of the molecule is CNCC(CCSc1ccccc1)c1cccc(Cl)c1. The number of hydrogen-bond donors (Lipinski definition) is 1. The van der Waals surface area contributed by atoms with Gasteiger partial charge in [-0.25, -0.2) is 0 Å². The Bertz CT molecular complexity index is 515. The summed E-state index contributed by atoms with van der Waals surface area (Å²) in [6, 6.07) is 18.8. The van der Waals surface area contributed by atoms with Gasteiger partial charge < -0.3 is 5.32 Å². The molecule has 0 spiro atoms. The average Bonchev–Trinajstić information content (AvgIpc) is 2.47. The summed E-state index contributed by atoms with van der Waals surface area (Å²) < 4.78 is 0. The Balaban J connectivity index is 1.92. The Kier molecular flexibility index (Phi) is 6.44. The van der Waals surface area contributed by atoms with Gasteiger partial charge in [0, 0.05) is 16.5 Å². The first-order chi connectivity index (χ1) is 9.79. The lowest BCUT2D eigenvalue weighted by molar-refractivity contribution is 0.616. The number of likely N-dealkylation sites (N-methyl/N-ethyl adjacent to an activating group) is 1. The Hall–Kier alpha value is -0.960. The summed E-state index contributed by atoms with van der Waals surface area (Å²) >= 11 is 8.01. The fourth-order valence-electron chi connectivity index (χ4n) is 2.23. The Morgan fingerprint density at radius 1 is 1.10 bits per heavy atom. The van der Waals surface area contributed by atoms with E-state index >= 15 is 0 Å². The quantitative estimate of drug-likeness (QED) is 0.736. The van der Waals surface area contributed by atoms with Crippen LogP contribution in [0.5, 0.6) is 0 Å². The number of rotatable bonds is 7. The molecule has 0 aliphatic rings. The lowest BCUT2D eigenvalue weighted by Gasteiger charge is -2.17. The number of benzene rings is 2. The first-order valence-corrected chi connectivity index (χ1v) is 8.24. The molecule has 0 bridgehead atoms. The zero-order chi connectivity index (χ0) is 14.2. The molecule has 0 heterocycles. The smallest absolute Gasteiger partial charge is 0.0408 e. The lowest BCUT2D eigenvalue weighted by Crippen LogP contribution is -2.17. The van der Waals surface area contributed by atoms with E-state index in [2.05, 4.69) is 47.8 Å². The van der Waals surface area contributed by atoms with Crippen LogP contribution < -0.4 is 5.32 Å². The first kappa shape index (κ1) is 15.4. The van der Waals surface area contributed by atoms with Gasteiger partial charge in [-0.2, -0.15) is 0 Å². The Labute approximate surface area is 130 Å². The maximum atomic E-state index is 6.09. The molecule has 2 aromatic rings. The van der Waals surface area contributed by atoms with Gasteiger partial charge in [-0.15, -0.1) is 11.8 Å². The summed E-state index contributed by atoms with van der Waals surface area (Å²) in [5, 5.41) is 4.10. The monoisotopic (exact) mass is 305 g/mol. The molecule has 20 heavy (non-hydrogen) atoms. The molecule has 106 valence electrons. The van der Waals surface area contributed by atoms with E-state index in [0.29, 0.717) is 5.92 Å². The molecule has 0 aliphatic heterocycles. The highest BCUT2D eigenvalue weighted by Gasteiger charge is 2.11. The van der Waals surface area contributed by atoms with E-state index < -0.39 is 0 Å². The molecule has 3 heteroatoms. The number of thioether (sulfide) groups is 1. The molecule has 1 atom stereocenters. The van der Waals surface area contributed by atoms with Crippen molar-refractivity contribution in [2.45, 2.75) is 17.2 Å². The van der Waals surface area contributed by atoms with E-state index in [4.69, 9.17) is 11.6 Å². The summed E-state index contributed by atoms with van der Waals surface area (Å²) in [6.45, 7) is 0.982. The minimum Gasteiger partial charge on any atom is -0.319 e. The third-order valence-electron chi connectivity index (χ3n) is 3.25. The van der Waals surface area contributed by atoms with Crippen molar-refractivity contribution in [2.75, 3.05) is 19.3 Å². The van der Waals surface area contributed by atoms with E-state index in [0.717, 1.165) is 23.7 Å². The fourth-order valence-corrected chi connectivity index (χ4v) is 3.42. The minimum atomic E-state index is 0.509. The summed E-state index contributed by atoms with van der Waals surface area (Å²) in [4.78, 5) is 1.34. The molecule has 0 saturated heterocycles. The molecule has 0 aromatic heterocycles. The summed E-state index contributed by atoms with van der Waals surface area (Å²) in [5.41, 5.74) is 1.32. The predicted octanol–water partition coefficient (Wildman–Crippen LogP) is 4.83. The third-order valence-corrected chi connectivity index (χ3v) is 4.53. The molecule has 0 amide bonds. The summed E-state index contributed by atoms with van der Waals surface area (Å²) in [7, 11) is 2.00. The van der Waals surface area contributed by atoms with Crippen LogP contribution in [-0.4, -0.2) is 19.3 Å². The number of hydrogen-bond acceptors (Lipinski definition) is 2. The maximum Gasteiger partial charge on any atom is 0.0408 e. The van der Waals surface area contributed by atoms with Crippen molar-refractivity contribution in [3.05, 3.63) is 65.2 Å². The standard InChI is InChI=1S/C17H20ClNS/c1-19-13-15(14-6-5-7-16(18)12-14)10-11-20-17-8-3-2-4-9-17/h2-9,12,15,19H,10-11,13H2,1H3. The molecule has 1 nitrogen and oxygen atoms in total. The highest BCUT2D eigenvalue weighted by atomic mass is 35.5. The molecule has 0 aliphatic carbocycles. The van der Waals surface area contributed by atoms with Crippen LogP contribution in [0.15, 0.2) is 59.5 Å². The summed E-state index contributed by atoms with van der Waals surface area (Å²) in [5.74, 6) is 1.62. The molecule has 2 rings (SSSR count). The zero-order valence-corrected chi connectivity index (χ0v) is 13.3. The van der Waals surface area contributed by atoms with Gasteiger partial charge in [-0.1, -0.05) is 41.9 Å². The second-order valence-corrected chi connectivity index (χ2v) is 6.36. The number of nitrogens with one attached hydrogen (secondary N) is 1. The lowest BCUT2D eigenvalue weighted by atomic mass is 9.96. The predicted molar refractivity (Wildman–Crippen MR) is 89.9 cm³/mol. The van der Waals surface area contributed by atoms with Gasteiger partial charge in [-0.3, -0.25) is 0 Å². The highest BCUT2D eigenvalue weighted by Crippen LogP contribution is 2.26. The van der Waals surface area contributed by atoms with Gasteiger partial charge in [0.05, 0.1) is 0 Å². The van der Waals surface area contributed by atoms with Crippen molar-refractivity contribution >= 4 is 23.4 Å². The van der Waals surface area contributed by atoms with Crippen molar-refractivity contribution in [3.63, 3.8) is 0 Å². The van der Waals surface area contributed by atoms with Crippen LogP contribution in [0, 0.1) is 0 Å². The normalized spacial score (nSPS) is 12.3. The van der Waals surface area contributed by atoms with Crippen LogP contribution in [-0.2, 0) is 0 Å². The van der Waals surface area contributed by atoms with Crippen LogP contribution in [0.25, 0.3) is 0 Å². The molecule has 1 N–H and O–H groups in total. The second kappa shape index (κ2) is 8.35. The van der Waals surface area contributed by atoms with Crippen molar-refractivity contribution in [3.8, 4) is 0 Å². The van der Waals surface area contributed by atoms with Gasteiger partial charge in [0.1, 0.15) is 0 Å². The van der Waals surface area contributed by atoms with Gasteiger partial charge in [0.25, 0.3) is 0 Å². The van der Waals surface area contributed by atoms with Gasteiger partial charge in [-0.05, 0) is 55.0 Å². The second-order valence-electron chi connectivity index (χ2n) is 4.76. The molecule has 0 saturated carbocycles. The van der Waals surface area contributed by atoms with E-state index in [-0.39, 0.29) is 0 Å². The van der Waals surface area contributed by atoms with E-state index in [1.54, 1.807) is 0 Å². The van der Waals surface area contributed by atoms with Crippen LogP contribution in [0.4, 0.5) is 0 Å². The largest absolute Gasteiger partial charge is 0.319 e. The molecule has 2 aromatic carbocycles. The molecular weight excluding hydrogens is 286 g/mol. The zero-order valence-electron chi connectivity index (χ0n) is 11.7. The maximum absolute atomic E-state index is 6.09. The van der Waals surface area contributed by atoms with Crippen LogP contribution in [0.2, 0.25) is 5.02 Å². The first-order valence-electron chi connectivity index (χ1n) is 6.87. The molecule has 0 radical (unpaired) electrons. The Morgan fingerprint density at radius 2 is 1.90 bits per heavy atom. The van der Waals surface area contributed by atoms with Crippen molar-refractivity contribution in [1.29, 1.82) is 0 Å². The molecular formula is C17H20ClNS. The van der Waals surface area contributed by atoms with Crippen LogP contribution in [0.1, 0.15) is 17.9 Å². The fraction of sp³-hybridized carbons (Fsp3) is 0.294. The number of halogens is 1. The Morgan fingerprint density at radius 3 is 2.60 bits per heavy atom. The van der Waals surface area contributed by atoms with Gasteiger partial charge in [0.2, 0.25) is 0 Å². The van der Waals surface area contributed by atoms with Crippen LogP contribution in [0.3, 0.4) is 0 Å². The van der Waals surface area contributed by atoms with Gasteiger partial charge >= 0.3 is 0 Å². The van der Waals surface area contributed by atoms with E-state index in [1.165, 1.54) is 10.5 Å². The van der Waals surface area contributed by atoms with E-state index in [1.807, 2.05) is 30.9 Å². The van der Waals surface area contributed by atoms with Crippen LogP contribution >= 0.6 is 23.4 Å². The topological polar surface area (TPSA) is 12.0 Å². The minimum absolute atomic E-state index is 0.509. The van der Waals surface area contributed by atoms with Crippen molar-refractivity contribution < 1.29 is 0 Å². The summed E-state index contributed by atoms with van der Waals surface area (Å²) in [6.07, 6.45) is 1.14. The van der Waals surface area contributed by atoms with Crippen molar-refractivity contribution in [1.82, 2.24) is 5.32 Å². The van der Waals surface area contributed by atoms with Gasteiger partial charge in [0.15, 0.2) is 0 Å². The molecule has 1 unspecified atom stereocenters. The third kappa shape index (κ3) is 4.86. The van der Waals surface area contributed by atoms with Crippen molar-refractivity contribution in [2.24, 2.45) is 0 Å². The molecule has 0 fully saturated rings. The average molecular weight is 306 g/mol.